The van der Waals surface area contributed by atoms with Crippen molar-refractivity contribution in [2.45, 2.75) is 62.3 Å². The molecule has 8 heteroatoms. The van der Waals surface area contributed by atoms with E-state index in [2.05, 4.69) is 6.07 Å². The minimum absolute atomic E-state index is 0.0443. The van der Waals surface area contributed by atoms with Gasteiger partial charge in [0, 0.05) is 5.92 Å². The standard InChI is InChI=1S/C19H24ClNO6/c20-13-6-3-11(19-18(25)17(24)16(23)15(9-22)27-19)7-14(13)26-12-4-1-10(8-21)2-5-12/h3,6-7,10,12,15-19,22-25H,1-2,4-5,9H2/t10?,12?,15-,16-,17+,18-,19+/m1/s1. The van der Waals surface area contributed by atoms with Crippen LogP contribution in [0.5, 0.6) is 5.75 Å². The Morgan fingerprint density at radius 1 is 1.11 bits per heavy atom. The summed E-state index contributed by atoms with van der Waals surface area (Å²) in [5.41, 5.74) is 0.525. The molecule has 1 aliphatic heterocycles. The Kier molecular flexibility index (Phi) is 6.58. The van der Waals surface area contributed by atoms with Gasteiger partial charge in [-0.3, -0.25) is 0 Å². The molecule has 3 rings (SSSR count). The Bertz CT molecular complexity index is 685. The third kappa shape index (κ3) is 4.37. The van der Waals surface area contributed by atoms with Crippen LogP contribution in [0.1, 0.15) is 37.4 Å². The van der Waals surface area contributed by atoms with Crippen LogP contribution in [0.25, 0.3) is 0 Å². The molecule has 1 saturated carbocycles. The van der Waals surface area contributed by atoms with Crippen LogP contribution >= 0.6 is 11.6 Å². The zero-order valence-corrected chi connectivity index (χ0v) is 15.5. The molecule has 7 nitrogen and oxygen atoms in total. The van der Waals surface area contributed by atoms with E-state index in [0.29, 0.717) is 16.3 Å². The molecule has 1 heterocycles. The van der Waals surface area contributed by atoms with Crippen molar-refractivity contribution >= 4 is 11.6 Å². The Morgan fingerprint density at radius 2 is 1.81 bits per heavy atom. The normalized spacial score (nSPS) is 36.8. The van der Waals surface area contributed by atoms with Crippen LogP contribution in [0.15, 0.2) is 18.2 Å². The highest BCUT2D eigenvalue weighted by molar-refractivity contribution is 6.32. The first kappa shape index (κ1) is 20.3. The molecule has 1 aliphatic carbocycles. The highest BCUT2D eigenvalue weighted by atomic mass is 35.5. The van der Waals surface area contributed by atoms with Gasteiger partial charge in [-0.2, -0.15) is 5.26 Å². The summed E-state index contributed by atoms with van der Waals surface area (Å²) in [5, 5.41) is 48.9. The zero-order chi connectivity index (χ0) is 19.6. The Labute approximate surface area is 162 Å². The second-order valence-corrected chi connectivity index (χ2v) is 7.57. The number of benzene rings is 1. The molecule has 1 saturated heterocycles. The molecule has 2 fully saturated rings. The number of ether oxygens (including phenoxy) is 2. The van der Waals surface area contributed by atoms with Gasteiger partial charge in [0.2, 0.25) is 0 Å². The van der Waals surface area contributed by atoms with Crippen molar-refractivity contribution < 1.29 is 29.9 Å². The lowest BCUT2D eigenvalue weighted by Crippen LogP contribution is -2.55. The second-order valence-electron chi connectivity index (χ2n) is 7.16. The highest BCUT2D eigenvalue weighted by Gasteiger charge is 2.44. The molecule has 27 heavy (non-hydrogen) atoms. The van der Waals surface area contributed by atoms with Gasteiger partial charge in [0.15, 0.2) is 0 Å². The summed E-state index contributed by atoms with van der Waals surface area (Å²) in [6.07, 6.45) is -3.07. The van der Waals surface area contributed by atoms with E-state index in [1.54, 1.807) is 18.2 Å². The summed E-state index contributed by atoms with van der Waals surface area (Å²) in [4.78, 5) is 0. The average Bonchev–Trinajstić information content (AvgIpc) is 2.69. The van der Waals surface area contributed by atoms with Crippen LogP contribution in [0.3, 0.4) is 0 Å². The molecule has 0 bridgehead atoms. The Hall–Kier alpha value is -1.40. The molecule has 0 aromatic heterocycles. The third-order valence-electron chi connectivity index (χ3n) is 5.33. The first-order chi connectivity index (χ1) is 12.9. The summed E-state index contributed by atoms with van der Waals surface area (Å²) < 4.78 is 11.6. The summed E-state index contributed by atoms with van der Waals surface area (Å²) in [6, 6.07) is 7.19. The molecule has 0 amide bonds. The van der Waals surface area contributed by atoms with Gasteiger partial charge in [0.25, 0.3) is 0 Å². The van der Waals surface area contributed by atoms with Crippen molar-refractivity contribution in [1.29, 1.82) is 5.26 Å². The molecule has 4 N–H and O–H groups in total. The average molecular weight is 398 g/mol. The Balaban J connectivity index is 1.76. The topological polar surface area (TPSA) is 123 Å². The van der Waals surface area contributed by atoms with Crippen molar-refractivity contribution in [3.8, 4) is 11.8 Å². The van der Waals surface area contributed by atoms with E-state index in [1.807, 2.05) is 0 Å². The van der Waals surface area contributed by atoms with E-state index in [1.165, 1.54) is 0 Å². The van der Waals surface area contributed by atoms with Crippen LogP contribution in [-0.2, 0) is 4.74 Å². The van der Waals surface area contributed by atoms with Crippen LogP contribution in [0, 0.1) is 17.2 Å². The van der Waals surface area contributed by atoms with E-state index < -0.39 is 37.1 Å². The van der Waals surface area contributed by atoms with Crippen molar-refractivity contribution in [2.75, 3.05) is 6.61 Å². The fourth-order valence-electron chi connectivity index (χ4n) is 3.65. The maximum absolute atomic E-state index is 10.3. The first-order valence-corrected chi connectivity index (χ1v) is 9.48. The van der Waals surface area contributed by atoms with Crippen molar-refractivity contribution in [3.63, 3.8) is 0 Å². The fraction of sp³-hybridized carbons (Fsp3) is 0.632. The summed E-state index contributed by atoms with van der Waals surface area (Å²) in [7, 11) is 0. The van der Waals surface area contributed by atoms with Crippen molar-refractivity contribution in [2.24, 2.45) is 5.92 Å². The smallest absolute Gasteiger partial charge is 0.138 e. The van der Waals surface area contributed by atoms with Crippen molar-refractivity contribution in [1.82, 2.24) is 0 Å². The van der Waals surface area contributed by atoms with Gasteiger partial charge >= 0.3 is 0 Å². The quantitative estimate of drug-likeness (QED) is 0.604. The largest absolute Gasteiger partial charge is 0.489 e. The number of rotatable bonds is 4. The highest BCUT2D eigenvalue weighted by Crippen LogP contribution is 2.37. The monoisotopic (exact) mass is 397 g/mol. The van der Waals surface area contributed by atoms with Crippen LogP contribution < -0.4 is 4.74 Å². The predicted molar refractivity (Wildman–Crippen MR) is 96.2 cm³/mol. The lowest BCUT2D eigenvalue weighted by molar-refractivity contribution is -0.231. The van der Waals surface area contributed by atoms with E-state index >= 15 is 0 Å². The first-order valence-electron chi connectivity index (χ1n) is 9.10. The number of hydrogen-bond acceptors (Lipinski definition) is 7. The van der Waals surface area contributed by atoms with Gasteiger partial charge < -0.3 is 29.9 Å². The molecule has 2 aliphatic rings. The molecule has 1 aromatic carbocycles. The van der Waals surface area contributed by atoms with E-state index in [0.717, 1.165) is 25.7 Å². The summed E-state index contributed by atoms with van der Waals surface area (Å²) in [5.74, 6) is 0.507. The van der Waals surface area contributed by atoms with Crippen LogP contribution in [0.2, 0.25) is 5.02 Å². The van der Waals surface area contributed by atoms with Gasteiger partial charge in [-0.1, -0.05) is 17.7 Å². The van der Waals surface area contributed by atoms with E-state index in [-0.39, 0.29) is 12.0 Å². The lowest BCUT2D eigenvalue weighted by atomic mass is 9.88. The molecule has 0 spiro atoms. The molecular formula is C19H24ClNO6. The number of hydrogen-bond donors (Lipinski definition) is 4. The van der Waals surface area contributed by atoms with Gasteiger partial charge in [0.1, 0.15) is 36.3 Å². The number of aliphatic hydroxyl groups excluding tert-OH is 4. The van der Waals surface area contributed by atoms with Gasteiger partial charge in [0.05, 0.1) is 23.8 Å². The maximum atomic E-state index is 10.3. The van der Waals surface area contributed by atoms with Gasteiger partial charge in [-0.25, -0.2) is 0 Å². The van der Waals surface area contributed by atoms with Crippen LogP contribution in [0.4, 0.5) is 0 Å². The molecular weight excluding hydrogens is 374 g/mol. The zero-order valence-electron chi connectivity index (χ0n) is 14.7. The Morgan fingerprint density at radius 3 is 2.44 bits per heavy atom. The second kappa shape index (κ2) is 8.74. The number of aliphatic hydroxyl groups is 4. The lowest BCUT2D eigenvalue weighted by Gasteiger charge is -2.40. The maximum Gasteiger partial charge on any atom is 0.138 e. The molecule has 0 unspecified atom stereocenters. The number of nitrogens with zero attached hydrogens (tertiary/aromatic N) is 1. The molecule has 0 radical (unpaired) electrons. The number of nitriles is 1. The summed E-state index contributed by atoms with van der Waals surface area (Å²) >= 11 is 6.24. The number of halogens is 1. The molecule has 5 atom stereocenters. The SMILES string of the molecule is N#CC1CCC(Oc2cc([C@@H]3O[C@H](CO)[C@@H](O)[C@H](O)[C@H]3O)ccc2Cl)CC1. The minimum atomic E-state index is -1.44. The van der Waals surface area contributed by atoms with Gasteiger partial charge in [-0.15, -0.1) is 0 Å². The van der Waals surface area contributed by atoms with Gasteiger partial charge in [-0.05, 0) is 43.4 Å². The van der Waals surface area contributed by atoms with Crippen LogP contribution in [-0.4, -0.2) is 57.6 Å². The van der Waals surface area contributed by atoms with E-state index in [9.17, 15) is 20.4 Å². The third-order valence-corrected chi connectivity index (χ3v) is 5.64. The molecule has 1 aromatic rings. The predicted octanol–water partition coefficient (Wildman–Crippen LogP) is 1.32. The summed E-state index contributed by atoms with van der Waals surface area (Å²) in [6.45, 7) is -0.486. The molecule has 148 valence electrons. The van der Waals surface area contributed by atoms with Crippen molar-refractivity contribution in [3.05, 3.63) is 28.8 Å². The van der Waals surface area contributed by atoms with E-state index in [4.69, 9.17) is 26.3 Å². The minimum Gasteiger partial charge on any atom is -0.489 e. The fourth-order valence-corrected chi connectivity index (χ4v) is 3.82.